The molecule has 1 saturated carbocycles. The Morgan fingerprint density at radius 3 is 2.76 bits per heavy atom. The van der Waals surface area contributed by atoms with Crippen molar-refractivity contribution in [2.45, 2.75) is 74.7 Å². The molecule has 2 aliphatic rings. The molecule has 1 N–H and O–H groups in total. The molecule has 2 aromatic rings. The summed E-state index contributed by atoms with van der Waals surface area (Å²) in [4.78, 5) is 31.6. The van der Waals surface area contributed by atoms with E-state index in [1.807, 2.05) is 4.57 Å². The lowest BCUT2D eigenvalue weighted by Crippen LogP contribution is -2.30. The van der Waals surface area contributed by atoms with Crippen LogP contribution in [0, 0.1) is 0 Å². The van der Waals surface area contributed by atoms with E-state index in [2.05, 4.69) is 0 Å². The second-order valence-corrected chi connectivity index (χ2v) is 9.39. The van der Waals surface area contributed by atoms with E-state index in [9.17, 15) is 14.7 Å². The third-order valence-electron chi connectivity index (χ3n) is 5.31. The molecule has 134 valence electrons. The molecule has 1 fully saturated rings. The van der Waals surface area contributed by atoms with Crippen molar-refractivity contribution in [3.05, 3.63) is 20.8 Å². The maximum Gasteiger partial charge on any atom is 0.316 e. The van der Waals surface area contributed by atoms with E-state index in [0.717, 1.165) is 55.2 Å². The van der Waals surface area contributed by atoms with E-state index in [1.54, 1.807) is 18.3 Å². The van der Waals surface area contributed by atoms with Crippen LogP contribution in [-0.4, -0.2) is 25.9 Å². The number of aliphatic carboxylic acids is 1. The van der Waals surface area contributed by atoms with Crippen LogP contribution in [0.15, 0.2) is 9.95 Å². The van der Waals surface area contributed by atoms with E-state index >= 15 is 0 Å². The van der Waals surface area contributed by atoms with Crippen LogP contribution >= 0.6 is 23.1 Å². The van der Waals surface area contributed by atoms with Crippen LogP contribution in [0.25, 0.3) is 10.2 Å². The Kier molecular flexibility index (Phi) is 4.62. The van der Waals surface area contributed by atoms with Crippen LogP contribution in [0.4, 0.5) is 0 Å². The highest BCUT2D eigenvalue weighted by atomic mass is 32.2. The molecule has 2 heterocycles. The fourth-order valence-corrected chi connectivity index (χ4v) is 6.21. The fraction of sp³-hybridized carbons (Fsp3) is 0.611. The van der Waals surface area contributed by atoms with Gasteiger partial charge in [-0.2, -0.15) is 0 Å². The van der Waals surface area contributed by atoms with Crippen molar-refractivity contribution in [3.63, 3.8) is 0 Å². The SMILES string of the molecule is CC(Sc1nc2sc3c(c2c(=O)n1C1CCCCC1)CCC3)C(=O)O. The first-order chi connectivity index (χ1) is 12.1. The van der Waals surface area contributed by atoms with Crippen LogP contribution in [0.1, 0.15) is 61.9 Å². The number of hydrogen-bond donors (Lipinski definition) is 1. The molecule has 5 nitrogen and oxygen atoms in total. The van der Waals surface area contributed by atoms with Crippen molar-refractivity contribution in [3.8, 4) is 0 Å². The molecule has 2 aliphatic carbocycles. The standard InChI is InChI=1S/C18H22N2O3S2/c1-10(17(22)23)24-18-19-15-14(12-8-5-9-13(12)25-15)16(21)20(18)11-6-3-2-4-7-11/h10-11H,2-9H2,1H3,(H,22,23). The lowest BCUT2D eigenvalue weighted by Gasteiger charge is -2.26. The van der Waals surface area contributed by atoms with Gasteiger partial charge in [0.25, 0.3) is 5.56 Å². The maximum atomic E-state index is 13.4. The number of fused-ring (bicyclic) bond motifs is 3. The third kappa shape index (κ3) is 3.01. The van der Waals surface area contributed by atoms with Crippen LogP contribution in [0.2, 0.25) is 0 Å². The fourth-order valence-electron chi connectivity index (χ4n) is 3.99. The summed E-state index contributed by atoms with van der Waals surface area (Å²) in [5, 5.41) is 10.1. The van der Waals surface area contributed by atoms with Gasteiger partial charge >= 0.3 is 5.97 Å². The van der Waals surface area contributed by atoms with Crippen LogP contribution < -0.4 is 5.56 Å². The highest BCUT2D eigenvalue weighted by Gasteiger charge is 2.28. The van der Waals surface area contributed by atoms with Gasteiger partial charge < -0.3 is 5.11 Å². The van der Waals surface area contributed by atoms with Crippen LogP contribution in [0.3, 0.4) is 0 Å². The quantitative estimate of drug-likeness (QED) is 0.643. The van der Waals surface area contributed by atoms with Crippen LogP contribution in [-0.2, 0) is 17.6 Å². The number of aromatic nitrogens is 2. The van der Waals surface area contributed by atoms with Crippen molar-refractivity contribution < 1.29 is 9.90 Å². The van der Waals surface area contributed by atoms with E-state index in [0.29, 0.717) is 5.16 Å². The van der Waals surface area contributed by atoms with Crippen LogP contribution in [0.5, 0.6) is 0 Å². The summed E-state index contributed by atoms with van der Waals surface area (Å²) in [6, 6.07) is 0.151. The second-order valence-electron chi connectivity index (χ2n) is 7.00. The minimum atomic E-state index is -0.872. The first-order valence-electron chi connectivity index (χ1n) is 9.02. The third-order valence-corrected chi connectivity index (χ3v) is 7.55. The minimum absolute atomic E-state index is 0.0522. The predicted octanol–water partition coefficient (Wildman–Crippen LogP) is 4.02. The molecule has 1 atom stereocenters. The zero-order valence-corrected chi connectivity index (χ0v) is 15.9. The van der Waals surface area contributed by atoms with Crippen molar-refractivity contribution in [2.75, 3.05) is 0 Å². The van der Waals surface area contributed by atoms with Crippen molar-refractivity contribution in [2.24, 2.45) is 0 Å². The molecule has 1 unspecified atom stereocenters. The van der Waals surface area contributed by atoms with Gasteiger partial charge in [0, 0.05) is 10.9 Å². The van der Waals surface area contributed by atoms with Gasteiger partial charge in [0.05, 0.1) is 5.39 Å². The van der Waals surface area contributed by atoms with Gasteiger partial charge in [-0.15, -0.1) is 11.3 Å². The van der Waals surface area contributed by atoms with Gasteiger partial charge in [0.2, 0.25) is 0 Å². The highest BCUT2D eigenvalue weighted by Crippen LogP contribution is 2.38. The van der Waals surface area contributed by atoms with E-state index in [4.69, 9.17) is 4.98 Å². The number of aryl methyl sites for hydroxylation is 2. The molecule has 0 spiro atoms. The summed E-state index contributed by atoms with van der Waals surface area (Å²) in [7, 11) is 0. The Bertz CT molecular complexity index is 881. The summed E-state index contributed by atoms with van der Waals surface area (Å²) >= 11 is 2.82. The number of rotatable bonds is 4. The molecule has 25 heavy (non-hydrogen) atoms. The molecule has 2 aromatic heterocycles. The Morgan fingerprint density at radius 2 is 2.04 bits per heavy atom. The van der Waals surface area contributed by atoms with E-state index < -0.39 is 11.2 Å². The number of thiophene rings is 1. The number of carbonyl (C=O) groups is 1. The van der Waals surface area contributed by atoms with E-state index in [1.165, 1.54) is 28.6 Å². The maximum absolute atomic E-state index is 13.4. The number of carboxylic acid groups (broad SMARTS) is 1. The van der Waals surface area contributed by atoms with Gasteiger partial charge in [-0.3, -0.25) is 14.2 Å². The van der Waals surface area contributed by atoms with Crippen molar-refractivity contribution >= 4 is 39.3 Å². The summed E-state index contributed by atoms with van der Waals surface area (Å²) in [6.45, 7) is 1.66. The smallest absolute Gasteiger partial charge is 0.316 e. The van der Waals surface area contributed by atoms with Gasteiger partial charge in [0.1, 0.15) is 10.1 Å². The Hall–Kier alpha value is -1.34. The summed E-state index contributed by atoms with van der Waals surface area (Å²) in [5.74, 6) is -0.872. The Balaban J connectivity index is 1.89. The zero-order chi connectivity index (χ0) is 17.6. The monoisotopic (exact) mass is 378 g/mol. The number of hydrogen-bond acceptors (Lipinski definition) is 5. The number of nitrogens with zero attached hydrogens (tertiary/aromatic N) is 2. The molecule has 4 rings (SSSR count). The summed E-state index contributed by atoms with van der Waals surface area (Å²) in [6.07, 6.45) is 8.53. The van der Waals surface area contributed by atoms with E-state index in [-0.39, 0.29) is 11.6 Å². The Morgan fingerprint density at radius 1 is 1.28 bits per heavy atom. The first-order valence-corrected chi connectivity index (χ1v) is 10.7. The molecular weight excluding hydrogens is 356 g/mol. The number of thioether (sulfide) groups is 1. The minimum Gasteiger partial charge on any atom is -0.480 e. The average molecular weight is 379 g/mol. The molecule has 0 bridgehead atoms. The predicted molar refractivity (Wildman–Crippen MR) is 101 cm³/mol. The molecule has 0 amide bonds. The van der Waals surface area contributed by atoms with Crippen molar-refractivity contribution in [1.82, 2.24) is 9.55 Å². The normalized spacial score (nSPS) is 19.2. The molecule has 0 radical (unpaired) electrons. The highest BCUT2D eigenvalue weighted by molar-refractivity contribution is 8.00. The number of carboxylic acids is 1. The Labute approximate surface area is 154 Å². The molecule has 0 aliphatic heterocycles. The summed E-state index contributed by atoms with van der Waals surface area (Å²) in [5.41, 5.74) is 1.25. The first kappa shape index (κ1) is 17.1. The van der Waals surface area contributed by atoms with Crippen molar-refractivity contribution in [1.29, 1.82) is 0 Å². The summed E-state index contributed by atoms with van der Waals surface area (Å²) < 4.78 is 1.83. The lowest BCUT2D eigenvalue weighted by molar-refractivity contribution is -0.136. The molecule has 7 heteroatoms. The van der Waals surface area contributed by atoms with Gasteiger partial charge in [-0.05, 0) is 44.6 Å². The molecular formula is C18H22N2O3S2. The van der Waals surface area contributed by atoms with Gasteiger partial charge in [0.15, 0.2) is 5.16 Å². The lowest BCUT2D eigenvalue weighted by atomic mass is 9.95. The average Bonchev–Trinajstić information content (AvgIpc) is 3.16. The largest absolute Gasteiger partial charge is 0.480 e. The second kappa shape index (κ2) is 6.76. The molecule has 0 saturated heterocycles. The zero-order valence-electron chi connectivity index (χ0n) is 14.3. The van der Waals surface area contributed by atoms with Gasteiger partial charge in [-0.25, -0.2) is 4.98 Å². The topological polar surface area (TPSA) is 72.2 Å². The molecule has 0 aromatic carbocycles. The van der Waals surface area contributed by atoms with Gasteiger partial charge in [-0.1, -0.05) is 31.0 Å².